The summed E-state index contributed by atoms with van der Waals surface area (Å²) in [5.41, 5.74) is 2.22. The van der Waals surface area contributed by atoms with E-state index in [4.69, 9.17) is 33.2 Å². The molecule has 3 atom stereocenters. The molecule has 0 aromatic heterocycles. The Bertz CT molecular complexity index is 845. The van der Waals surface area contributed by atoms with Gasteiger partial charge in [0, 0.05) is 13.0 Å². The van der Waals surface area contributed by atoms with Gasteiger partial charge in [0.1, 0.15) is 0 Å². The van der Waals surface area contributed by atoms with Crippen molar-refractivity contribution in [2.45, 2.75) is 30.8 Å². The highest BCUT2D eigenvalue weighted by Gasteiger charge is 2.38. The number of methoxy groups -OCH3 is 7. The van der Waals surface area contributed by atoms with Crippen LogP contribution in [0, 0.1) is 0 Å². The minimum Gasteiger partial charge on any atom is -0.493 e. The molecule has 0 aliphatic heterocycles. The summed E-state index contributed by atoms with van der Waals surface area (Å²) in [6, 6.07) is 8.07. The highest BCUT2D eigenvalue weighted by molar-refractivity contribution is 5.56. The van der Waals surface area contributed by atoms with Gasteiger partial charge in [-0.15, -0.1) is 0 Å². The van der Waals surface area contributed by atoms with Gasteiger partial charge in [0.05, 0.1) is 48.8 Å². The smallest absolute Gasteiger partial charge is 0.203 e. The van der Waals surface area contributed by atoms with E-state index in [2.05, 4.69) is 0 Å². The Balaban J connectivity index is 1.99. The van der Waals surface area contributed by atoms with Crippen LogP contribution in [-0.2, 0) is 4.74 Å². The molecule has 0 amide bonds. The predicted molar refractivity (Wildman–Crippen MR) is 118 cm³/mol. The lowest BCUT2D eigenvalue weighted by Crippen LogP contribution is -2.14. The SMILES string of the molecule is COc1cc([C@@H]2C[C@@H](OC)[C@H](c3cc(OC)c(OC)c(OC)c3)C2)cc(OC)c1OC. The molecule has 1 fully saturated rings. The van der Waals surface area contributed by atoms with E-state index in [0.717, 1.165) is 24.0 Å². The second kappa shape index (κ2) is 10.0. The molecule has 1 aliphatic rings. The lowest BCUT2D eigenvalue weighted by atomic mass is 9.91. The Morgan fingerprint density at radius 3 is 1.32 bits per heavy atom. The van der Waals surface area contributed by atoms with E-state index in [1.54, 1.807) is 49.8 Å². The lowest BCUT2D eigenvalue weighted by molar-refractivity contribution is 0.0934. The Hall–Kier alpha value is -2.80. The predicted octanol–water partition coefficient (Wildman–Crippen LogP) is 4.41. The van der Waals surface area contributed by atoms with Gasteiger partial charge in [0.2, 0.25) is 11.5 Å². The first-order chi connectivity index (χ1) is 15.0. The lowest BCUT2D eigenvalue weighted by Gasteiger charge is -2.21. The van der Waals surface area contributed by atoms with Crippen molar-refractivity contribution in [3.8, 4) is 34.5 Å². The first-order valence-corrected chi connectivity index (χ1v) is 10.2. The normalized spacial score (nSPS) is 20.3. The van der Waals surface area contributed by atoms with Gasteiger partial charge in [-0.2, -0.15) is 0 Å². The fourth-order valence-electron chi connectivity index (χ4n) is 4.54. The van der Waals surface area contributed by atoms with Gasteiger partial charge >= 0.3 is 0 Å². The average Bonchev–Trinajstić information content (AvgIpc) is 3.26. The molecule has 7 heteroatoms. The molecule has 170 valence electrons. The fourth-order valence-corrected chi connectivity index (χ4v) is 4.54. The molecule has 0 spiro atoms. The monoisotopic (exact) mass is 432 g/mol. The molecule has 0 bridgehead atoms. The van der Waals surface area contributed by atoms with E-state index in [1.165, 1.54) is 0 Å². The molecule has 1 saturated carbocycles. The molecule has 0 unspecified atom stereocenters. The molecule has 2 aromatic rings. The maximum atomic E-state index is 5.89. The maximum absolute atomic E-state index is 5.89. The van der Waals surface area contributed by atoms with Crippen LogP contribution < -0.4 is 28.4 Å². The summed E-state index contributed by atoms with van der Waals surface area (Å²) in [6.07, 6.45) is 1.82. The third-order valence-electron chi connectivity index (χ3n) is 6.08. The molecule has 0 saturated heterocycles. The van der Waals surface area contributed by atoms with Gasteiger partial charge in [-0.25, -0.2) is 0 Å². The molecular formula is C24H32O7. The average molecular weight is 433 g/mol. The van der Waals surface area contributed by atoms with Crippen molar-refractivity contribution in [1.82, 2.24) is 0 Å². The summed E-state index contributed by atoms with van der Waals surface area (Å²) in [6.45, 7) is 0. The van der Waals surface area contributed by atoms with Crippen molar-refractivity contribution in [3.05, 3.63) is 35.4 Å². The van der Waals surface area contributed by atoms with Crippen LogP contribution in [0.3, 0.4) is 0 Å². The fraction of sp³-hybridized carbons (Fsp3) is 0.500. The van der Waals surface area contributed by atoms with Crippen molar-refractivity contribution < 1.29 is 33.2 Å². The Morgan fingerprint density at radius 1 is 0.548 bits per heavy atom. The first kappa shape index (κ1) is 22.9. The number of rotatable bonds is 9. The van der Waals surface area contributed by atoms with Crippen LogP contribution in [-0.4, -0.2) is 55.9 Å². The third-order valence-corrected chi connectivity index (χ3v) is 6.08. The molecule has 31 heavy (non-hydrogen) atoms. The first-order valence-electron chi connectivity index (χ1n) is 10.2. The van der Waals surface area contributed by atoms with Crippen molar-refractivity contribution in [1.29, 1.82) is 0 Å². The zero-order valence-electron chi connectivity index (χ0n) is 19.3. The quantitative estimate of drug-likeness (QED) is 0.581. The highest BCUT2D eigenvalue weighted by Crippen LogP contribution is 2.50. The Kier molecular flexibility index (Phi) is 7.38. The summed E-state index contributed by atoms with van der Waals surface area (Å²) in [5, 5.41) is 0. The van der Waals surface area contributed by atoms with E-state index in [9.17, 15) is 0 Å². The van der Waals surface area contributed by atoms with Crippen LogP contribution in [0.2, 0.25) is 0 Å². The third kappa shape index (κ3) is 4.32. The molecule has 0 radical (unpaired) electrons. The van der Waals surface area contributed by atoms with Crippen LogP contribution in [0.4, 0.5) is 0 Å². The van der Waals surface area contributed by atoms with E-state index < -0.39 is 0 Å². The molecule has 2 aromatic carbocycles. The van der Waals surface area contributed by atoms with Gasteiger partial charge in [-0.3, -0.25) is 0 Å². The number of hydrogen-bond donors (Lipinski definition) is 0. The molecule has 7 nitrogen and oxygen atoms in total. The molecule has 0 N–H and O–H groups in total. The van der Waals surface area contributed by atoms with Crippen LogP contribution in [0.1, 0.15) is 35.8 Å². The van der Waals surface area contributed by atoms with Crippen LogP contribution in [0.15, 0.2) is 24.3 Å². The summed E-state index contributed by atoms with van der Waals surface area (Å²) >= 11 is 0. The zero-order chi connectivity index (χ0) is 22.5. The molecule has 1 aliphatic carbocycles. The van der Waals surface area contributed by atoms with Crippen molar-refractivity contribution >= 4 is 0 Å². The van der Waals surface area contributed by atoms with E-state index in [0.29, 0.717) is 34.5 Å². The van der Waals surface area contributed by atoms with E-state index in [1.807, 2.05) is 24.3 Å². The topological polar surface area (TPSA) is 64.6 Å². The van der Waals surface area contributed by atoms with Gasteiger partial charge in [0.25, 0.3) is 0 Å². The number of ether oxygens (including phenoxy) is 7. The maximum Gasteiger partial charge on any atom is 0.203 e. The molecule has 0 heterocycles. The van der Waals surface area contributed by atoms with Crippen molar-refractivity contribution in [3.63, 3.8) is 0 Å². The van der Waals surface area contributed by atoms with Crippen LogP contribution in [0.25, 0.3) is 0 Å². The summed E-state index contributed by atoms with van der Waals surface area (Å²) in [4.78, 5) is 0. The van der Waals surface area contributed by atoms with Gasteiger partial charge in [-0.05, 0) is 54.2 Å². The highest BCUT2D eigenvalue weighted by atomic mass is 16.5. The second-order valence-electron chi connectivity index (χ2n) is 7.47. The number of hydrogen-bond acceptors (Lipinski definition) is 7. The van der Waals surface area contributed by atoms with Crippen LogP contribution >= 0.6 is 0 Å². The Morgan fingerprint density at radius 2 is 0.968 bits per heavy atom. The summed E-state index contributed by atoms with van der Waals surface area (Å²) < 4.78 is 39.0. The Labute approximate surface area is 184 Å². The number of benzene rings is 2. The zero-order valence-corrected chi connectivity index (χ0v) is 19.3. The van der Waals surface area contributed by atoms with Crippen molar-refractivity contribution in [2.75, 3.05) is 49.8 Å². The van der Waals surface area contributed by atoms with Gasteiger partial charge in [-0.1, -0.05) is 0 Å². The van der Waals surface area contributed by atoms with Gasteiger partial charge in [0.15, 0.2) is 23.0 Å². The summed E-state index contributed by atoms with van der Waals surface area (Å²) in [5.74, 6) is 4.21. The largest absolute Gasteiger partial charge is 0.493 e. The standard InChI is InChI=1S/C24H32O7/c1-25-18-9-14(15-10-19(26-2)23(30-6)20(11-15)27-3)8-17(18)16-12-21(28-4)24(31-7)22(13-16)29-5/h10-14,17-18H,8-9H2,1-7H3/t14-,17-,18+/m0/s1. The minimum absolute atomic E-state index is 0.0481. The summed E-state index contributed by atoms with van der Waals surface area (Å²) in [7, 11) is 11.5. The second-order valence-corrected chi connectivity index (χ2v) is 7.47. The van der Waals surface area contributed by atoms with Gasteiger partial charge < -0.3 is 33.2 Å². The minimum atomic E-state index is 0.0481. The van der Waals surface area contributed by atoms with Crippen molar-refractivity contribution in [2.24, 2.45) is 0 Å². The molecular weight excluding hydrogens is 400 g/mol. The van der Waals surface area contributed by atoms with E-state index in [-0.39, 0.29) is 17.9 Å². The molecule has 3 rings (SSSR count). The van der Waals surface area contributed by atoms with Crippen LogP contribution in [0.5, 0.6) is 34.5 Å². The van der Waals surface area contributed by atoms with E-state index >= 15 is 0 Å².